The van der Waals surface area contributed by atoms with Crippen molar-refractivity contribution < 1.29 is 35.9 Å². The fraction of sp³-hybridized carbons (Fsp3) is 0.346. The molecule has 0 bridgehead atoms. The summed E-state index contributed by atoms with van der Waals surface area (Å²) in [7, 11) is -6.40. The number of sulfonamides is 2. The van der Waals surface area contributed by atoms with E-state index in [1.807, 2.05) is 6.92 Å². The number of halogens is 1. The fourth-order valence-corrected chi connectivity index (χ4v) is 7.68. The van der Waals surface area contributed by atoms with Crippen molar-refractivity contribution in [3.63, 3.8) is 0 Å². The number of hydrogen-bond acceptors (Lipinski definition) is 8. The van der Waals surface area contributed by atoms with Crippen molar-refractivity contribution in [3.8, 4) is 5.75 Å². The third-order valence-electron chi connectivity index (χ3n) is 6.64. The molecule has 2 aromatic carbocycles. The molecule has 4 rings (SSSR count). The Labute approximate surface area is 237 Å². The Morgan fingerprint density at radius 2 is 1.88 bits per heavy atom. The van der Waals surface area contributed by atoms with Crippen LogP contribution >= 0.6 is 11.3 Å². The molecule has 1 aliphatic rings. The van der Waals surface area contributed by atoms with E-state index in [2.05, 4.69) is 4.72 Å². The summed E-state index contributed by atoms with van der Waals surface area (Å²) in [6, 6.07) is 11.1. The molecule has 216 valence electrons. The number of benzene rings is 2. The molecule has 1 aliphatic heterocycles. The van der Waals surface area contributed by atoms with Crippen LogP contribution in [0.1, 0.15) is 24.2 Å². The summed E-state index contributed by atoms with van der Waals surface area (Å²) in [5.74, 6) is -1.25. The maximum Gasteiger partial charge on any atom is 0.261 e. The molecule has 10 nitrogen and oxygen atoms in total. The molecule has 2 N–H and O–H groups in total. The Balaban J connectivity index is 1.68. The van der Waals surface area contributed by atoms with E-state index in [1.54, 1.807) is 18.4 Å². The van der Waals surface area contributed by atoms with Crippen LogP contribution in [-0.2, 0) is 20.0 Å². The number of ether oxygens (including phenoxy) is 1. The number of aliphatic hydroxyl groups excluding tert-OH is 1. The Hall–Kier alpha value is -3.04. The molecule has 0 saturated carbocycles. The van der Waals surface area contributed by atoms with Gasteiger partial charge >= 0.3 is 0 Å². The number of carbonyl (C=O) groups is 1. The largest absolute Gasteiger partial charge is 0.488 e. The van der Waals surface area contributed by atoms with Gasteiger partial charge in [-0.25, -0.2) is 21.2 Å². The Bertz CT molecular complexity index is 1560. The lowest BCUT2D eigenvalue weighted by molar-refractivity contribution is 0.0387. The van der Waals surface area contributed by atoms with E-state index in [9.17, 15) is 31.1 Å². The topological polar surface area (TPSA) is 133 Å². The van der Waals surface area contributed by atoms with Crippen LogP contribution in [0.15, 0.2) is 69.1 Å². The number of aliphatic hydroxyl groups is 1. The number of fused-ring (bicyclic) bond motifs is 1. The van der Waals surface area contributed by atoms with Crippen LogP contribution in [0, 0.1) is 11.7 Å². The second kappa shape index (κ2) is 11.8. The molecule has 1 aromatic heterocycles. The fourth-order valence-electron chi connectivity index (χ4n) is 4.25. The van der Waals surface area contributed by atoms with E-state index in [0.717, 1.165) is 35.6 Å². The molecule has 2 heterocycles. The first-order valence-corrected chi connectivity index (χ1v) is 16.1. The van der Waals surface area contributed by atoms with E-state index in [0.29, 0.717) is 0 Å². The maximum atomic E-state index is 13.6. The highest BCUT2D eigenvalue weighted by molar-refractivity contribution is 7.92. The molecular formula is C26H30FN3O7S3. The average molecular weight is 612 g/mol. The third-order valence-corrected chi connectivity index (χ3v) is 11.2. The van der Waals surface area contributed by atoms with Crippen LogP contribution in [0.25, 0.3) is 0 Å². The summed E-state index contributed by atoms with van der Waals surface area (Å²) in [4.78, 5) is 14.9. The predicted octanol–water partition coefficient (Wildman–Crippen LogP) is 3.23. The van der Waals surface area contributed by atoms with E-state index < -0.39 is 43.9 Å². The number of thiophene rings is 1. The van der Waals surface area contributed by atoms with Crippen molar-refractivity contribution in [2.75, 3.05) is 31.5 Å². The van der Waals surface area contributed by atoms with Gasteiger partial charge in [-0.2, -0.15) is 4.31 Å². The van der Waals surface area contributed by atoms with Gasteiger partial charge in [-0.15, -0.1) is 11.3 Å². The number of nitrogens with one attached hydrogen (secondary N) is 1. The second-order valence-corrected chi connectivity index (χ2v) is 14.5. The van der Waals surface area contributed by atoms with Crippen molar-refractivity contribution in [3.05, 3.63) is 71.4 Å². The first kappa shape index (κ1) is 29.9. The molecule has 14 heteroatoms. The molecule has 0 saturated heterocycles. The monoisotopic (exact) mass is 611 g/mol. The molecule has 0 radical (unpaired) electrons. The van der Waals surface area contributed by atoms with Gasteiger partial charge < -0.3 is 14.7 Å². The molecule has 1 amide bonds. The molecule has 40 heavy (non-hydrogen) atoms. The van der Waals surface area contributed by atoms with E-state index in [-0.39, 0.29) is 51.7 Å². The molecular weight excluding hydrogens is 581 g/mol. The van der Waals surface area contributed by atoms with Gasteiger partial charge in [0.25, 0.3) is 26.0 Å². The van der Waals surface area contributed by atoms with Crippen molar-refractivity contribution in [2.24, 2.45) is 5.92 Å². The van der Waals surface area contributed by atoms with Crippen LogP contribution in [0.4, 0.5) is 10.1 Å². The minimum atomic E-state index is -4.09. The molecule has 0 aliphatic carbocycles. The second-order valence-electron chi connectivity index (χ2n) is 9.61. The summed E-state index contributed by atoms with van der Waals surface area (Å²) in [6.07, 6.45) is -0.679. The Kier molecular flexibility index (Phi) is 8.85. The normalized spacial score (nSPS) is 18.9. The highest BCUT2D eigenvalue weighted by Crippen LogP contribution is 2.32. The minimum absolute atomic E-state index is 0.0185. The Morgan fingerprint density at radius 3 is 2.50 bits per heavy atom. The van der Waals surface area contributed by atoms with Gasteiger partial charge in [-0.05, 0) is 60.8 Å². The van der Waals surface area contributed by atoms with Gasteiger partial charge in [-0.1, -0.05) is 13.0 Å². The summed E-state index contributed by atoms with van der Waals surface area (Å²) < 4.78 is 75.1. The Morgan fingerprint density at radius 1 is 1.18 bits per heavy atom. The van der Waals surface area contributed by atoms with Gasteiger partial charge in [0.2, 0.25) is 0 Å². The van der Waals surface area contributed by atoms with Gasteiger partial charge in [-0.3, -0.25) is 9.52 Å². The van der Waals surface area contributed by atoms with Crippen LogP contribution in [-0.4, -0.2) is 75.9 Å². The first-order valence-electron chi connectivity index (χ1n) is 12.3. The van der Waals surface area contributed by atoms with Crippen molar-refractivity contribution in [1.29, 1.82) is 0 Å². The maximum absolute atomic E-state index is 13.6. The number of amides is 1. The van der Waals surface area contributed by atoms with Gasteiger partial charge in [0, 0.05) is 25.2 Å². The van der Waals surface area contributed by atoms with Gasteiger partial charge in [0.1, 0.15) is 21.9 Å². The van der Waals surface area contributed by atoms with Crippen LogP contribution in [0.2, 0.25) is 0 Å². The smallest absolute Gasteiger partial charge is 0.261 e. The average Bonchev–Trinajstić information content (AvgIpc) is 3.47. The number of carbonyl (C=O) groups excluding carboxylic acids is 1. The number of nitrogens with zero attached hydrogens (tertiary/aromatic N) is 2. The quantitative estimate of drug-likeness (QED) is 0.380. The lowest BCUT2D eigenvalue weighted by atomic mass is 9.99. The van der Waals surface area contributed by atoms with E-state index >= 15 is 0 Å². The van der Waals surface area contributed by atoms with Crippen molar-refractivity contribution in [1.82, 2.24) is 9.21 Å². The third kappa shape index (κ3) is 6.31. The lowest BCUT2D eigenvalue weighted by Gasteiger charge is -2.38. The summed E-state index contributed by atoms with van der Waals surface area (Å²) in [5.41, 5.74) is 0.111. The zero-order valence-electron chi connectivity index (χ0n) is 22.0. The number of rotatable bonds is 9. The number of anilines is 1. The van der Waals surface area contributed by atoms with E-state index in [4.69, 9.17) is 4.74 Å². The molecule has 0 fully saturated rings. The highest BCUT2D eigenvalue weighted by Gasteiger charge is 2.35. The zero-order chi connectivity index (χ0) is 29.2. The molecule has 0 unspecified atom stereocenters. The predicted molar refractivity (Wildman–Crippen MR) is 149 cm³/mol. The molecule has 3 aromatic rings. The molecule has 3 atom stereocenters. The van der Waals surface area contributed by atoms with Crippen LogP contribution < -0.4 is 9.46 Å². The SMILES string of the molecule is C[C@H]1CN([C@@H](C)CO)C(=O)c2cc(NS(=O)(=O)c3ccc(F)cc3)ccc2O[C@H]1CN(C)S(=O)(=O)c1cccs1. The van der Waals surface area contributed by atoms with Gasteiger partial charge in [0.15, 0.2) is 0 Å². The number of likely N-dealkylation sites (N-methyl/N-ethyl adjacent to an activating group) is 1. The van der Waals surface area contributed by atoms with Crippen molar-refractivity contribution >= 4 is 43.0 Å². The summed E-state index contributed by atoms with van der Waals surface area (Å²) >= 11 is 1.10. The minimum Gasteiger partial charge on any atom is -0.488 e. The molecule has 0 spiro atoms. The standard InChI is InChI=1S/C26H30FN3O7S3/c1-17-14-30(18(2)16-31)26(32)22-13-20(28-39(33,34)21-9-6-19(27)7-10-21)8-11-23(22)37-24(17)15-29(3)40(35,36)25-5-4-12-38-25/h4-13,17-18,24,28,31H,14-16H2,1-3H3/t17-,18-,24-/m0/s1. The zero-order valence-corrected chi connectivity index (χ0v) is 24.5. The summed E-state index contributed by atoms with van der Waals surface area (Å²) in [6.45, 7) is 3.33. The number of hydrogen-bond donors (Lipinski definition) is 2. The first-order chi connectivity index (χ1) is 18.8. The lowest BCUT2D eigenvalue weighted by Crippen LogP contribution is -2.50. The van der Waals surface area contributed by atoms with Crippen LogP contribution in [0.5, 0.6) is 5.75 Å². The van der Waals surface area contributed by atoms with E-state index in [1.165, 1.54) is 40.5 Å². The van der Waals surface area contributed by atoms with Crippen molar-refractivity contribution in [2.45, 2.75) is 35.1 Å². The van der Waals surface area contributed by atoms with Gasteiger partial charge in [0.05, 0.1) is 29.7 Å². The highest BCUT2D eigenvalue weighted by atomic mass is 32.2. The van der Waals surface area contributed by atoms with Crippen LogP contribution in [0.3, 0.4) is 0 Å². The summed E-state index contributed by atoms with van der Waals surface area (Å²) in [5, 5.41) is 11.5.